The van der Waals surface area contributed by atoms with Crippen LogP contribution in [0.1, 0.15) is 31.5 Å². The van der Waals surface area contributed by atoms with Crippen LogP contribution in [0, 0.1) is 11.3 Å². The second-order valence-corrected chi connectivity index (χ2v) is 7.21. The summed E-state index contributed by atoms with van der Waals surface area (Å²) in [5, 5.41) is -0.150. The number of aromatic nitrogens is 2. The topological polar surface area (TPSA) is 55.3 Å². The Hall–Kier alpha value is -1.50. The molecule has 2 heterocycles. The maximum Gasteiger partial charge on any atom is 0.302 e. The number of esters is 1. The molecule has 1 saturated carbocycles. The van der Waals surface area contributed by atoms with Crippen molar-refractivity contribution in [1.29, 1.82) is 0 Å². The highest BCUT2D eigenvalue weighted by molar-refractivity contribution is 6.28. The van der Waals surface area contributed by atoms with Crippen LogP contribution < -0.4 is 4.90 Å². The highest BCUT2D eigenvalue weighted by Gasteiger charge is 2.69. The van der Waals surface area contributed by atoms with Gasteiger partial charge in [0.1, 0.15) is 17.6 Å². The predicted octanol–water partition coefficient (Wildman–Crippen LogP) is 2.56. The van der Waals surface area contributed by atoms with E-state index in [2.05, 4.69) is 9.97 Å². The number of ether oxygens (including phenoxy) is 1. The summed E-state index contributed by atoms with van der Waals surface area (Å²) in [5.74, 6) is -2.52. The van der Waals surface area contributed by atoms with Crippen molar-refractivity contribution in [2.75, 3.05) is 18.0 Å². The Labute approximate surface area is 137 Å². The predicted molar refractivity (Wildman–Crippen MR) is 78.6 cm³/mol. The van der Waals surface area contributed by atoms with E-state index in [0.717, 1.165) is 0 Å². The van der Waals surface area contributed by atoms with Gasteiger partial charge in [-0.25, -0.2) is 9.97 Å². The van der Waals surface area contributed by atoms with Gasteiger partial charge >= 0.3 is 5.97 Å². The molecule has 1 saturated heterocycles. The third-order valence-electron chi connectivity index (χ3n) is 5.29. The fraction of sp³-hybridized carbons (Fsp3) is 0.667. The molecule has 2 aliphatic carbocycles. The molecule has 5 nitrogen and oxygen atoms in total. The zero-order valence-corrected chi connectivity index (χ0v) is 13.5. The average molecular weight is 344 g/mol. The summed E-state index contributed by atoms with van der Waals surface area (Å²) in [4.78, 5) is 21.1. The number of halogens is 3. The molecular weight excluding hydrogens is 328 g/mol. The van der Waals surface area contributed by atoms with E-state index in [4.69, 9.17) is 16.3 Å². The van der Waals surface area contributed by atoms with E-state index in [-0.39, 0.29) is 47.2 Å². The van der Waals surface area contributed by atoms with Crippen molar-refractivity contribution in [1.82, 2.24) is 9.97 Å². The van der Waals surface area contributed by atoms with Gasteiger partial charge in [0.2, 0.25) is 5.28 Å². The van der Waals surface area contributed by atoms with Crippen LogP contribution in [0.25, 0.3) is 0 Å². The molecule has 0 spiro atoms. The third kappa shape index (κ3) is 2.12. The van der Waals surface area contributed by atoms with E-state index in [1.165, 1.54) is 6.92 Å². The van der Waals surface area contributed by atoms with E-state index in [1.807, 2.05) is 11.8 Å². The van der Waals surface area contributed by atoms with Gasteiger partial charge in [0, 0.05) is 43.3 Å². The zero-order valence-electron chi connectivity index (χ0n) is 12.8. The van der Waals surface area contributed by atoms with Gasteiger partial charge in [-0.1, -0.05) is 6.92 Å². The van der Waals surface area contributed by atoms with Crippen molar-refractivity contribution in [2.24, 2.45) is 11.3 Å². The highest BCUT2D eigenvalue weighted by Crippen LogP contribution is 2.60. The number of hydrogen-bond acceptors (Lipinski definition) is 5. The van der Waals surface area contributed by atoms with Crippen LogP contribution in [-0.2, 0) is 21.9 Å². The lowest BCUT2D eigenvalue weighted by atomic mass is 10.1. The first-order chi connectivity index (χ1) is 10.7. The average Bonchev–Trinajstić information content (AvgIpc) is 2.74. The van der Waals surface area contributed by atoms with Crippen molar-refractivity contribution in [3.8, 4) is 0 Å². The Bertz CT molecular complexity index is 714. The number of nitrogens with zero attached hydrogens (tertiary/aromatic N) is 3. The molecule has 0 bridgehead atoms. The van der Waals surface area contributed by atoms with Crippen LogP contribution in [-0.4, -0.2) is 35.1 Å². The van der Waals surface area contributed by atoms with Gasteiger partial charge in [-0.05, 0) is 18.0 Å². The number of carbonyl (C=O) groups excluding carboxylic acids is 1. The highest BCUT2D eigenvalue weighted by atomic mass is 35.5. The lowest BCUT2D eigenvalue weighted by Crippen LogP contribution is -2.31. The van der Waals surface area contributed by atoms with E-state index >= 15 is 0 Å². The van der Waals surface area contributed by atoms with Gasteiger partial charge in [-0.2, -0.15) is 8.78 Å². The van der Waals surface area contributed by atoms with Gasteiger partial charge in [0.25, 0.3) is 5.92 Å². The number of piperidine rings is 1. The van der Waals surface area contributed by atoms with E-state index < -0.39 is 5.92 Å². The molecule has 4 rings (SSSR count). The molecule has 0 radical (unpaired) electrons. The maximum atomic E-state index is 13.9. The third-order valence-corrected chi connectivity index (χ3v) is 5.46. The van der Waals surface area contributed by atoms with Crippen molar-refractivity contribution in [2.45, 2.75) is 38.7 Å². The number of rotatable bonds is 2. The summed E-state index contributed by atoms with van der Waals surface area (Å²) >= 11 is 5.86. The summed E-state index contributed by atoms with van der Waals surface area (Å²) in [6.45, 7) is 4.68. The molecule has 23 heavy (non-hydrogen) atoms. The summed E-state index contributed by atoms with van der Waals surface area (Å²) in [6, 6.07) is 0. The minimum absolute atomic E-state index is 0.0944. The minimum atomic E-state index is -2.94. The lowest BCUT2D eigenvalue weighted by molar-refractivity contribution is -0.143. The van der Waals surface area contributed by atoms with E-state index in [9.17, 15) is 13.6 Å². The summed E-state index contributed by atoms with van der Waals surface area (Å²) in [5.41, 5.74) is 0.111. The molecule has 1 aromatic heterocycles. The van der Waals surface area contributed by atoms with Crippen LogP contribution in [0.3, 0.4) is 0 Å². The quantitative estimate of drug-likeness (QED) is 0.610. The molecule has 1 aromatic rings. The molecule has 0 amide bonds. The minimum Gasteiger partial charge on any atom is -0.462 e. The first-order valence-electron chi connectivity index (χ1n) is 7.59. The van der Waals surface area contributed by atoms with Gasteiger partial charge in [0.05, 0.1) is 0 Å². The molecule has 8 heteroatoms. The Morgan fingerprint density at radius 3 is 2.78 bits per heavy atom. The lowest BCUT2D eigenvalue weighted by Gasteiger charge is -2.25. The molecule has 1 aliphatic heterocycles. The van der Waals surface area contributed by atoms with E-state index in [0.29, 0.717) is 24.5 Å². The standard InChI is InChI=1S/C15H16ClF2N3O2/c1-7(22)23-11-9-5-21(6-14(9,11)2)12-8-3-4-15(17,18)10(8)19-13(16)20-12/h9,11H,3-6H2,1-2H3. The molecule has 124 valence electrons. The number of alkyl halides is 2. The second kappa shape index (κ2) is 4.53. The van der Waals surface area contributed by atoms with Crippen molar-refractivity contribution >= 4 is 23.4 Å². The first kappa shape index (κ1) is 15.1. The summed E-state index contributed by atoms with van der Waals surface area (Å²) in [7, 11) is 0. The number of fused-ring (bicyclic) bond motifs is 2. The van der Waals surface area contributed by atoms with Crippen LogP contribution in [0.2, 0.25) is 5.28 Å². The summed E-state index contributed by atoms with van der Waals surface area (Å²) in [6.07, 6.45) is -0.0993. The zero-order chi connectivity index (χ0) is 16.6. The molecule has 0 aromatic carbocycles. The molecule has 2 fully saturated rings. The Balaban J connectivity index is 1.62. The van der Waals surface area contributed by atoms with Gasteiger partial charge in [0.15, 0.2) is 0 Å². The molecule has 3 atom stereocenters. The normalized spacial score (nSPS) is 33.3. The van der Waals surface area contributed by atoms with Crippen LogP contribution >= 0.6 is 11.6 Å². The van der Waals surface area contributed by atoms with Crippen LogP contribution in [0.5, 0.6) is 0 Å². The van der Waals surface area contributed by atoms with Crippen LogP contribution in [0.4, 0.5) is 14.6 Å². The van der Waals surface area contributed by atoms with Crippen molar-refractivity contribution < 1.29 is 18.3 Å². The van der Waals surface area contributed by atoms with Gasteiger partial charge in [-0.3, -0.25) is 4.79 Å². The van der Waals surface area contributed by atoms with E-state index in [1.54, 1.807) is 0 Å². The van der Waals surface area contributed by atoms with Gasteiger partial charge < -0.3 is 9.64 Å². The largest absolute Gasteiger partial charge is 0.462 e. The SMILES string of the molecule is CC(=O)OC1C2CN(c3nc(Cl)nc4c3CCC4(F)F)CC21C. The molecule has 3 aliphatic rings. The van der Waals surface area contributed by atoms with Crippen molar-refractivity contribution in [3.05, 3.63) is 16.5 Å². The monoisotopic (exact) mass is 343 g/mol. The number of anilines is 1. The Morgan fingerprint density at radius 2 is 2.17 bits per heavy atom. The van der Waals surface area contributed by atoms with Crippen LogP contribution in [0.15, 0.2) is 0 Å². The Morgan fingerprint density at radius 1 is 1.43 bits per heavy atom. The molecule has 3 unspecified atom stereocenters. The fourth-order valence-electron chi connectivity index (χ4n) is 4.04. The van der Waals surface area contributed by atoms with Gasteiger partial charge in [-0.15, -0.1) is 0 Å². The number of hydrogen-bond donors (Lipinski definition) is 0. The smallest absolute Gasteiger partial charge is 0.302 e. The van der Waals surface area contributed by atoms with Crippen molar-refractivity contribution in [3.63, 3.8) is 0 Å². The fourth-order valence-corrected chi connectivity index (χ4v) is 4.20. The molecule has 0 N–H and O–H groups in total. The first-order valence-corrected chi connectivity index (χ1v) is 7.97. The molecular formula is C15H16ClF2N3O2. The second-order valence-electron chi connectivity index (χ2n) is 6.87. The maximum absolute atomic E-state index is 13.9. The summed E-state index contributed by atoms with van der Waals surface area (Å²) < 4.78 is 33.2. The number of carbonyl (C=O) groups is 1. The Kier molecular flexibility index (Phi) is 2.96.